The summed E-state index contributed by atoms with van der Waals surface area (Å²) in [6.07, 6.45) is 0. The minimum atomic E-state index is 0.977. The third-order valence-corrected chi connectivity index (χ3v) is 9.26. The maximum absolute atomic E-state index is 5.13. The average molecular weight is 584 g/mol. The first kappa shape index (κ1) is 26.4. The first-order valence-corrected chi connectivity index (χ1v) is 15.8. The molecule has 0 radical (unpaired) electrons. The molecule has 0 saturated heterocycles. The smallest absolute Gasteiger partial charge is 0.0715 e. The van der Waals surface area contributed by atoms with Crippen LogP contribution in [0.4, 0.5) is 0 Å². The van der Waals surface area contributed by atoms with Crippen LogP contribution >= 0.6 is 0 Å². The summed E-state index contributed by atoms with van der Waals surface area (Å²) < 4.78 is 0. The van der Waals surface area contributed by atoms with Crippen LogP contribution in [0.15, 0.2) is 176 Å². The zero-order valence-electron chi connectivity index (χ0n) is 25.2. The highest BCUT2D eigenvalue weighted by atomic mass is 14.7. The highest BCUT2D eigenvalue weighted by Crippen LogP contribution is 2.46. The molecule has 0 N–H and O–H groups in total. The lowest BCUT2D eigenvalue weighted by Crippen LogP contribution is -1.93. The van der Waals surface area contributed by atoms with Gasteiger partial charge in [0, 0.05) is 11.1 Å². The van der Waals surface area contributed by atoms with Gasteiger partial charge in [0.2, 0.25) is 0 Å². The third kappa shape index (κ3) is 4.29. The minimum Gasteiger partial charge on any atom is -0.248 e. The Balaban J connectivity index is 1.31. The second-order valence-electron chi connectivity index (χ2n) is 11.9. The molecule has 9 aromatic rings. The van der Waals surface area contributed by atoms with Crippen molar-refractivity contribution >= 4 is 43.1 Å². The molecule has 0 amide bonds. The molecule has 1 heterocycles. The van der Waals surface area contributed by atoms with Crippen molar-refractivity contribution in [1.82, 2.24) is 4.98 Å². The predicted octanol–water partition coefficient (Wildman–Crippen LogP) is 12.4. The van der Waals surface area contributed by atoms with Gasteiger partial charge in [-0.3, -0.25) is 0 Å². The number of nitrogens with zero attached hydrogens (tertiary/aromatic N) is 1. The Bertz CT molecular complexity index is 2520. The van der Waals surface area contributed by atoms with E-state index in [0.29, 0.717) is 0 Å². The largest absolute Gasteiger partial charge is 0.248 e. The first-order valence-electron chi connectivity index (χ1n) is 15.8. The molecule has 0 spiro atoms. The molecule has 0 bridgehead atoms. The Kier molecular flexibility index (Phi) is 6.21. The van der Waals surface area contributed by atoms with Crippen molar-refractivity contribution in [2.45, 2.75) is 0 Å². The molecule has 0 aliphatic carbocycles. The topological polar surface area (TPSA) is 12.9 Å². The van der Waals surface area contributed by atoms with Crippen molar-refractivity contribution < 1.29 is 0 Å². The fourth-order valence-corrected chi connectivity index (χ4v) is 7.18. The lowest BCUT2D eigenvalue weighted by molar-refractivity contribution is 1.33. The lowest BCUT2D eigenvalue weighted by atomic mass is 9.84. The predicted molar refractivity (Wildman–Crippen MR) is 196 cm³/mol. The molecule has 1 aromatic heterocycles. The van der Waals surface area contributed by atoms with E-state index < -0.39 is 0 Å². The summed E-state index contributed by atoms with van der Waals surface area (Å²) in [4.78, 5) is 5.13. The molecule has 0 unspecified atom stereocenters. The summed E-state index contributed by atoms with van der Waals surface area (Å²) in [5.74, 6) is 0. The highest BCUT2D eigenvalue weighted by Gasteiger charge is 2.19. The Morgan fingerprint density at radius 3 is 1.52 bits per heavy atom. The molecule has 0 aliphatic heterocycles. The number of aromatic nitrogens is 1. The second kappa shape index (κ2) is 10.8. The number of fused-ring (bicyclic) bond motifs is 4. The fourth-order valence-electron chi connectivity index (χ4n) is 7.18. The molecule has 0 saturated carbocycles. The van der Waals surface area contributed by atoms with E-state index in [9.17, 15) is 0 Å². The number of hydrogen-bond donors (Lipinski definition) is 0. The van der Waals surface area contributed by atoms with Gasteiger partial charge < -0.3 is 0 Å². The van der Waals surface area contributed by atoms with Crippen LogP contribution in [0.2, 0.25) is 0 Å². The molecule has 0 atom stereocenters. The van der Waals surface area contributed by atoms with Crippen LogP contribution in [-0.2, 0) is 0 Å². The molecule has 1 heteroatoms. The Labute approximate surface area is 268 Å². The minimum absolute atomic E-state index is 0.977. The van der Waals surface area contributed by atoms with Gasteiger partial charge in [-0.1, -0.05) is 158 Å². The van der Waals surface area contributed by atoms with Crippen LogP contribution in [0.3, 0.4) is 0 Å². The molecule has 46 heavy (non-hydrogen) atoms. The maximum atomic E-state index is 5.13. The van der Waals surface area contributed by atoms with Crippen molar-refractivity contribution in [3.05, 3.63) is 176 Å². The van der Waals surface area contributed by atoms with Gasteiger partial charge in [0.05, 0.1) is 11.4 Å². The Morgan fingerprint density at radius 1 is 0.283 bits per heavy atom. The van der Waals surface area contributed by atoms with Gasteiger partial charge in [0.1, 0.15) is 0 Å². The van der Waals surface area contributed by atoms with E-state index in [-0.39, 0.29) is 0 Å². The van der Waals surface area contributed by atoms with Crippen molar-refractivity contribution in [1.29, 1.82) is 0 Å². The number of benzene rings is 8. The van der Waals surface area contributed by atoms with Gasteiger partial charge in [0.15, 0.2) is 0 Å². The van der Waals surface area contributed by atoms with Gasteiger partial charge in [-0.2, -0.15) is 0 Å². The zero-order chi connectivity index (χ0) is 30.5. The van der Waals surface area contributed by atoms with Crippen LogP contribution in [0.1, 0.15) is 0 Å². The molecule has 0 fully saturated rings. The van der Waals surface area contributed by atoms with Crippen molar-refractivity contribution in [3.8, 4) is 44.8 Å². The molecule has 9 rings (SSSR count). The van der Waals surface area contributed by atoms with Crippen LogP contribution < -0.4 is 0 Å². The van der Waals surface area contributed by atoms with E-state index in [1.165, 1.54) is 65.3 Å². The van der Waals surface area contributed by atoms with E-state index in [0.717, 1.165) is 22.5 Å². The first-order chi connectivity index (χ1) is 22.8. The van der Waals surface area contributed by atoms with Crippen molar-refractivity contribution in [3.63, 3.8) is 0 Å². The lowest BCUT2D eigenvalue weighted by Gasteiger charge is -2.19. The van der Waals surface area contributed by atoms with E-state index in [2.05, 4.69) is 170 Å². The van der Waals surface area contributed by atoms with Gasteiger partial charge in [-0.05, 0) is 83.5 Å². The summed E-state index contributed by atoms with van der Waals surface area (Å²) in [5.41, 5.74) is 9.23. The molecular weight excluding hydrogens is 555 g/mol. The molecule has 8 aromatic carbocycles. The van der Waals surface area contributed by atoms with Gasteiger partial charge >= 0.3 is 0 Å². The van der Waals surface area contributed by atoms with Gasteiger partial charge in [-0.25, -0.2) is 4.98 Å². The van der Waals surface area contributed by atoms with Crippen LogP contribution in [0, 0.1) is 0 Å². The van der Waals surface area contributed by atoms with E-state index >= 15 is 0 Å². The highest BCUT2D eigenvalue weighted by molar-refractivity contribution is 6.24. The van der Waals surface area contributed by atoms with E-state index in [4.69, 9.17) is 4.98 Å². The summed E-state index contributed by atoms with van der Waals surface area (Å²) in [7, 11) is 0. The molecule has 1 nitrogen and oxygen atoms in total. The zero-order valence-corrected chi connectivity index (χ0v) is 25.2. The van der Waals surface area contributed by atoms with E-state index in [1.54, 1.807) is 0 Å². The van der Waals surface area contributed by atoms with Gasteiger partial charge in [0.25, 0.3) is 0 Å². The quantitative estimate of drug-likeness (QED) is 0.188. The Morgan fingerprint density at radius 2 is 0.804 bits per heavy atom. The SMILES string of the molecule is c1ccc(-c2cccc(-c3cccc4c(-c5c6ccccc6c(-c6ccc7ccccc7c6)c6ccccc56)cccc34)n2)cc1. The van der Waals surface area contributed by atoms with Crippen molar-refractivity contribution in [2.24, 2.45) is 0 Å². The Hall–Kier alpha value is -6.05. The second-order valence-corrected chi connectivity index (χ2v) is 11.9. The monoisotopic (exact) mass is 583 g/mol. The summed E-state index contributed by atoms with van der Waals surface area (Å²) >= 11 is 0. The summed E-state index contributed by atoms with van der Waals surface area (Å²) in [5, 5.41) is 9.97. The standard InChI is InChI=1S/C45H29N/c1-2-14-31(15-3-1)42-25-12-26-43(46-42)36-23-10-22-35-34(36)21-11-24-37(35)45-40-19-8-6-17-38(40)44(39-18-7-9-20-41(39)45)33-28-27-30-13-4-5-16-32(30)29-33/h1-29H. The molecule has 214 valence electrons. The maximum Gasteiger partial charge on any atom is 0.0715 e. The third-order valence-electron chi connectivity index (χ3n) is 9.26. The fraction of sp³-hybridized carbons (Fsp3) is 0. The molecule has 0 aliphatic rings. The average Bonchev–Trinajstić information content (AvgIpc) is 3.13. The summed E-state index contributed by atoms with van der Waals surface area (Å²) in [6.45, 7) is 0. The number of pyridine rings is 1. The number of hydrogen-bond acceptors (Lipinski definition) is 1. The van der Waals surface area contributed by atoms with Crippen LogP contribution in [0.25, 0.3) is 87.9 Å². The van der Waals surface area contributed by atoms with Crippen LogP contribution in [0.5, 0.6) is 0 Å². The number of rotatable bonds is 4. The van der Waals surface area contributed by atoms with Crippen LogP contribution in [-0.4, -0.2) is 4.98 Å². The normalized spacial score (nSPS) is 11.5. The van der Waals surface area contributed by atoms with E-state index in [1.807, 2.05) is 6.07 Å². The van der Waals surface area contributed by atoms with Gasteiger partial charge in [-0.15, -0.1) is 0 Å². The van der Waals surface area contributed by atoms with Crippen molar-refractivity contribution in [2.75, 3.05) is 0 Å². The summed E-state index contributed by atoms with van der Waals surface area (Å²) in [6, 6.07) is 63.3. The molecular formula is C45H29N.